The Kier molecular flexibility index (Phi) is 4.25. The number of aromatic nitrogens is 2. The van der Waals surface area contributed by atoms with Crippen LogP contribution in [-0.2, 0) is 9.59 Å². The second-order valence-corrected chi connectivity index (χ2v) is 4.52. The van der Waals surface area contributed by atoms with E-state index < -0.39 is 11.8 Å². The largest absolute Gasteiger partial charge is 0.346 e. The van der Waals surface area contributed by atoms with Gasteiger partial charge in [-0.3, -0.25) is 9.59 Å². The quantitative estimate of drug-likeness (QED) is 0.755. The van der Waals surface area contributed by atoms with Crippen LogP contribution in [0, 0.1) is 0 Å². The van der Waals surface area contributed by atoms with Gasteiger partial charge in [0.2, 0.25) is 11.8 Å². The lowest BCUT2D eigenvalue weighted by molar-refractivity contribution is -0.123. The fourth-order valence-corrected chi connectivity index (χ4v) is 2.12. The molecule has 2 rings (SSSR count). The zero-order chi connectivity index (χ0) is 13.8. The molecule has 1 aromatic carbocycles. The molecule has 0 aliphatic rings. The van der Waals surface area contributed by atoms with E-state index in [1.165, 1.54) is 0 Å². The molecule has 0 spiro atoms. The molecule has 9 heteroatoms. The molecule has 0 bridgehead atoms. The topological polar surface area (TPSA) is 110 Å². The molecule has 0 aliphatic heterocycles. The van der Waals surface area contributed by atoms with Gasteiger partial charge in [0.25, 0.3) is 0 Å². The molecule has 0 atom stereocenters. The summed E-state index contributed by atoms with van der Waals surface area (Å²) in [6.07, 6.45) is 0. The molecule has 4 N–H and O–H groups in total. The van der Waals surface area contributed by atoms with Gasteiger partial charge in [-0.05, 0) is 12.1 Å². The van der Waals surface area contributed by atoms with Crippen LogP contribution in [0.5, 0.6) is 0 Å². The fraction of sp³-hybridized carbons (Fsp3) is 0.200. The van der Waals surface area contributed by atoms with Crippen LogP contribution in [-0.4, -0.2) is 33.7 Å². The monoisotopic (exact) mass is 299 g/mol. The highest BCUT2D eigenvalue weighted by Gasteiger charge is 2.13. The third kappa shape index (κ3) is 3.16. The number of halogens is 1. The number of benzene rings is 1. The molecule has 1 heterocycles. The minimum absolute atomic E-state index is 0.167. The van der Waals surface area contributed by atoms with E-state index in [4.69, 9.17) is 17.3 Å². The van der Waals surface area contributed by atoms with Gasteiger partial charge < -0.3 is 16.4 Å². The summed E-state index contributed by atoms with van der Waals surface area (Å²) >= 11 is 7.04. The van der Waals surface area contributed by atoms with Gasteiger partial charge in [-0.1, -0.05) is 11.6 Å². The maximum atomic E-state index is 11.7. The molecule has 1 aromatic heterocycles. The Balaban J connectivity index is 2.12. The summed E-state index contributed by atoms with van der Waals surface area (Å²) in [6.45, 7) is -0.347. The molecule has 0 fully saturated rings. The second-order valence-electron chi connectivity index (χ2n) is 3.58. The molecule has 0 radical (unpaired) electrons. The first kappa shape index (κ1) is 13.7. The fourth-order valence-electron chi connectivity index (χ4n) is 1.38. The predicted molar refractivity (Wildman–Crippen MR) is 73.1 cm³/mol. The average molecular weight is 300 g/mol. The van der Waals surface area contributed by atoms with Crippen LogP contribution >= 0.6 is 23.3 Å². The lowest BCUT2D eigenvalue weighted by Gasteiger charge is -2.08. The Morgan fingerprint density at radius 1 is 1.32 bits per heavy atom. The maximum Gasteiger partial charge on any atom is 0.243 e. The minimum Gasteiger partial charge on any atom is -0.346 e. The summed E-state index contributed by atoms with van der Waals surface area (Å²) in [6, 6.07) is 3.34. The first-order valence-electron chi connectivity index (χ1n) is 5.29. The first-order valence-corrected chi connectivity index (χ1v) is 6.40. The van der Waals surface area contributed by atoms with Gasteiger partial charge in [-0.25, -0.2) is 0 Å². The first-order chi connectivity index (χ1) is 9.11. The van der Waals surface area contributed by atoms with Gasteiger partial charge >= 0.3 is 0 Å². The number of carbonyl (C=O) groups is 2. The standard InChI is InChI=1S/C10H10ClN5O2S/c11-5-1-2-6-10(16-19-15-6)9(5)14-8(18)4-13-7(17)3-12/h1-2H,3-4,12H2,(H,13,17)(H,14,18). The van der Waals surface area contributed by atoms with E-state index in [2.05, 4.69) is 19.4 Å². The Morgan fingerprint density at radius 2 is 2.11 bits per heavy atom. The molecule has 2 amide bonds. The molecule has 7 nitrogen and oxygen atoms in total. The van der Waals surface area contributed by atoms with Crippen LogP contribution in [0.2, 0.25) is 5.02 Å². The highest BCUT2D eigenvalue weighted by atomic mass is 35.5. The van der Waals surface area contributed by atoms with E-state index in [-0.39, 0.29) is 13.1 Å². The summed E-state index contributed by atoms with van der Waals surface area (Å²) in [5.41, 5.74) is 6.68. The van der Waals surface area contributed by atoms with Crippen molar-refractivity contribution in [2.75, 3.05) is 18.4 Å². The summed E-state index contributed by atoms with van der Waals surface area (Å²) in [5, 5.41) is 5.32. The van der Waals surface area contributed by atoms with E-state index in [9.17, 15) is 9.59 Å². The summed E-state index contributed by atoms with van der Waals surface area (Å²) in [5.74, 6) is -0.820. The zero-order valence-corrected chi connectivity index (χ0v) is 11.2. The van der Waals surface area contributed by atoms with Gasteiger partial charge in [-0.15, -0.1) is 0 Å². The van der Waals surface area contributed by atoms with Gasteiger partial charge in [0.1, 0.15) is 11.0 Å². The maximum absolute atomic E-state index is 11.7. The van der Waals surface area contributed by atoms with Crippen molar-refractivity contribution in [3.8, 4) is 0 Å². The molecular weight excluding hydrogens is 290 g/mol. The van der Waals surface area contributed by atoms with Crippen molar-refractivity contribution in [1.29, 1.82) is 0 Å². The molecule has 0 saturated carbocycles. The van der Waals surface area contributed by atoms with Gasteiger partial charge in [0.15, 0.2) is 0 Å². The second kappa shape index (κ2) is 5.91. The molecule has 0 saturated heterocycles. The number of amides is 2. The molecule has 0 unspecified atom stereocenters. The van der Waals surface area contributed by atoms with E-state index in [1.807, 2.05) is 0 Å². The minimum atomic E-state index is -0.413. The van der Waals surface area contributed by atoms with Gasteiger partial charge in [0.05, 0.1) is 35.5 Å². The molecular formula is C10H10ClN5O2S. The van der Waals surface area contributed by atoms with Crippen LogP contribution in [0.15, 0.2) is 12.1 Å². The number of fused-ring (bicyclic) bond motifs is 1. The smallest absolute Gasteiger partial charge is 0.243 e. The van der Waals surface area contributed by atoms with Crippen LogP contribution in [0.1, 0.15) is 0 Å². The number of rotatable bonds is 4. The van der Waals surface area contributed by atoms with Crippen LogP contribution < -0.4 is 16.4 Å². The Labute approximate surface area is 117 Å². The van der Waals surface area contributed by atoms with Crippen molar-refractivity contribution >= 4 is 51.9 Å². The summed E-state index contributed by atoms with van der Waals surface area (Å²) in [7, 11) is 0. The van der Waals surface area contributed by atoms with Crippen LogP contribution in [0.3, 0.4) is 0 Å². The molecule has 19 heavy (non-hydrogen) atoms. The van der Waals surface area contributed by atoms with Crippen molar-refractivity contribution in [2.24, 2.45) is 5.73 Å². The van der Waals surface area contributed by atoms with Crippen molar-refractivity contribution in [3.63, 3.8) is 0 Å². The average Bonchev–Trinajstić information content (AvgIpc) is 2.87. The van der Waals surface area contributed by atoms with Gasteiger partial charge in [-0.2, -0.15) is 8.75 Å². The van der Waals surface area contributed by atoms with E-state index in [1.54, 1.807) is 12.1 Å². The predicted octanol–water partition coefficient (Wildman–Crippen LogP) is 0.358. The normalized spacial score (nSPS) is 10.4. The number of carbonyl (C=O) groups excluding carboxylic acids is 2. The van der Waals surface area contributed by atoms with Crippen molar-refractivity contribution < 1.29 is 9.59 Å². The lowest BCUT2D eigenvalue weighted by Crippen LogP contribution is -2.36. The third-order valence-electron chi connectivity index (χ3n) is 2.27. The number of nitrogens with one attached hydrogen (secondary N) is 2. The number of hydrogen-bond donors (Lipinski definition) is 3. The van der Waals surface area contributed by atoms with E-state index in [0.717, 1.165) is 11.7 Å². The number of nitrogens with two attached hydrogens (primary N) is 1. The van der Waals surface area contributed by atoms with E-state index >= 15 is 0 Å². The highest BCUT2D eigenvalue weighted by Crippen LogP contribution is 2.29. The van der Waals surface area contributed by atoms with Crippen LogP contribution in [0.4, 0.5) is 5.69 Å². The molecule has 2 aromatic rings. The van der Waals surface area contributed by atoms with Crippen LogP contribution in [0.25, 0.3) is 11.0 Å². The molecule has 100 valence electrons. The van der Waals surface area contributed by atoms with E-state index in [0.29, 0.717) is 21.7 Å². The Morgan fingerprint density at radius 3 is 2.84 bits per heavy atom. The highest BCUT2D eigenvalue weighted by molar-refractivity contribution is 7.00. The number of nitrogens with zero attached hydrogens (tertiary/aromatic N) is 2. The number of anilines is 1. The van der Waals surface area contributed by atoms with Crippen molar-refractivity contribution in [2.45, 2.75) is 0 Å². The number of hydrogen-bond acceptors (Lipinski definition) is 6. The zero-order valence-electron chi connectivity index (χ0n) is 9.64. The molecule has 0 aliphatic carbocycles. The Bertz CT molecular complexity index is 629. The summed E-state index contributed by atoms with van der Waals surface area (Å²) < 4.78 is 8.12. The SMILES string of the molecule is NCC(=O)NCC(=O)Nc1c(Cl)ccc2nsnc12. The van der Waals surface area contributed by atoms with Crippen molar-refractivity contribution in [3.05, 3.63) is 17.2 Å². The Hall–Kier alpha value is -1.77. The van der Waals surface area contributed by atoms with Gasteiger partial charge in [0, 0.05) is 0 Å². The summed E-state index contributed by atoms with van der Waals surface area (Å²) in [4.78, 5) is 22.6. The van der Waals surface area contributed by atoms with Crippen molar-refractivity contribution in [1.82, 2.24) is 14.1 Å². The third-order valence-corrected chi connectivity index (χ3v) is 3.13. The lowest BCUT2D eigenvalue weighted by atomic mass is 10.2.